The largest absolute Gasteiger partial charge is 0.478 e. The van der Waals surface area contributed by atoms with Gasteiger partial charge in [-0.25, -0.2) is 4.79 Å². The standard InChI is InChI=1S/C16H17NO3S/c1-9-5-7-10(8-6-9)14(18)17-15-13(16(19)20)11-3-2-4-12(11)21-15/h5-8,11-12H,2-4H2,1H3,(H,17,18)(H,19,20). The van der Waals surface area contributed by atoms with Crippen LogP contribution in [-0.2, 0) is 4.79 Å². The Balaban J connectivity index is 1.82. The molecule has 0 saturated heterocycles. The molecule has 3 rings (SSSR count). The fraction of sp³-hybridized carbons (Fsp3) is 0.375. The predicted octanol–water partition coefficient (Wildman–Crippen LogP) is 2.94. The van der Waals surface area contributed by atoms with Crippen molar-refractivity contribution >= 4 is 23.6 Å². The highest BCUT2D eigenvalue weighted by atomic mass is 32.2. The van der Waals surface area contributed by atoms with Crippen molar-refractivity contribution in [2.75, 3.05) is 0 Å². The lowest BCUT2D eigenvalue weighted by Gasteiger charge is -2.09. The molecule has 1 aliphatic carbocycles. The fourth-order valence-corrected chi connectivity index (χ4v) is 4.55. The van der Waals surface area contributed by atoms with Gasteiger partial charge in [0.05, 0.1) is 10.6 Å². The third kappa shape index (κ3) is 2.70. The van der Waals surface area contributed by atoms with Crippen molar-refractivity contribution in [3.05, 3.63) is 46.0 Å². The predicted molar refractivity (Wildman–Crippen MR) is 82.0 cm³/mol. The first kappa shape index (κ1) is 14.2. The van der Waals surface area contributed by atoms with E-state index in [1.165, 1.54) is 11.8 Å². The van der Waals surface area contributed by atoms with Crippen LogP contribution in [0.25, 0.3) is 0 Å². The zero-order valence-electron chi connectivity index (χ0n) is 11.8. The van der Waals surface area contributed by atoms with Crippen molar-refractivity contribution in [2.24, 2.45) is 5.92 Å². The molecule has 0 radical (unpaired) electrons. The van der Waals surface area contributed by atoms with Crippen molar-refractivity contribution < 1.29 is 14.7 Å². The third-order valence-corrected chi connectivity index (χ3v) is 5.53. The van der Waals surface area contributed by atoms with Crippen LogP contribution in [0.15, 0.2) is 34.9 Å². The minimum atomic E-state index is -0.906. The summed E-state index contributed by atoms with van der Waals surface area (Å²) in [6, 6.07) is 7.26. The van der Waals surface area contributed by atoms with Crippen LogP contribution in [0.3, 0.4) is 0 Å². The molecule has 21 heavy (non-hydrogen) atoms. The first-order chi connectivity index (χ1) is 10.1. The molecule has 2 atom stereocenters. The van der Waals surface area contributed by atoms with Crippen LogP contribution in [0.1, 0.15) is 35.2 Å². The van der Waals surface area contributed by atoms with Gasteiger partial charge in [0.15, 0.2) is 0 Å². The molecule has 1 aliphatic heterocycles. The van der Waals surface area contributed by atoms with E-state index < -0.39 is 5.97 Å². The Bertz CT molecular complexity index is 621. The lowest BCUT2D eigenvalue weighted by molar-refractivity contribution is -0.133. The second kappa shape index (κ2) is 5.56. The monoisotopic (exact) mass is 303 g/mol. The Morgan fingerprint density at radius 1 is 1.24 bits per heavy atom. The van der Waals surface area contributed by atoms with Gasteiger partial charge in [0.1, 0.15) is 0 Å². The number of carbonyl (C=O) groups is 2. The molecule has 1 aromatic rings. The highest BCUT2D eigenvalue weighted by molar-refractivity contribution is 8.04. The van der Waals surface area contributed by atoms with Gasteiger partial charge in [-0.05, 0) is 31.9 Å². The molecule has 1 fully saturated rings. The number of aryl methyl sites for hydroxylation is 1. The topological polar surface area (TPSA) is 66.4 Å². The fourth-order valence-electron chi connectivity index (χ4n) is 3.01. The van der Waals surface area contributed by atoms with Gasteiger partial charge in [-0.15, -0.1) is 11.8 Å². The van der Waals surface area contributed by atoms with Gasteiger partial charge in [0, 0.05) is 16.7 Å². The quantitative estimate of drug-likeness (QED) is 0.901. The van der Waals surface area contributed by atoms with Crippen LogP contribution in [0.5, 0.6) is 0 Å². The van der Waals surface area contributed by atoms with Gasteiger partial charge < -0.3 is 10.4 Å². The summed E-state index contributed by atoms with van der Waals surface area (Å²) in [5, 5.41) is 13.1. The first-order valence-corrected chi connectivity index (χ1v) is 7.96. The summed E-state index contributed by atoms with van der Waals surface area (Å²) in [5.74, 6) is -1.06. The van der Waals surface area contributed by atoms with Gasteiger partial charge in [-0.1, -0.05) is 24.1 Å². The summed E-state index contributed by atoms with van der Waals surface area (Å²) >= 11 is 1.51. The molecule has 1 amide bonds. The number of benzene rings is 1. The molecule has 1 saturated carbocycles. The Kier molecular flexibility index (Phi) is 3.76. The summed E-state index contributed by atoms with van der Waals surface area (Å²) in [6.45, 7) is 1.96. The van der Waals surface area contributed by atoms with E-state index >= 15 is 0 Å². The first-order valence-electron chi connectivity index (χ1n) is 7.08. The molecule has 1 heterocycles. The maximum atomic E-state index is 12.2. The molecule has 2 N–H and O–H groups in total. The smallest absolute Gasteiger partial charge is 0.334 e. The van der Waals surface area contributed by atoms with Gasteiger partial charge in [0.2, 0.25) is 0 Å². The molecule has 110 valence electrons. The van der Waals surface area contributed by atoms with Crippen molar-refractivity contribution in [2.45, 2.75) is 31.4 Å². The number of fused-ring (bicyclic) bond motifs is 1. The molecule has 0 bridgehead atoms. The van der Waals surface area contributed by atoms with E-state index in [0.29, 0.717) is 21.4 Å². The summed E-state index contributed by atoms with van der Waals surface area (Å²) in [6.07, 6.45) is 3.00. The van der Waals surface area contributed by atoms with E-state index in [0.717, 1.165) is 24.8 Å². The van der Waals surface area contributed by atoms with Crippen molar-refractivity contribution in [3.63, 3.8) is 0 Å². The van der Waals surface area contributed by atoms with E-state index in [1.807, 2.05) is 19.1 Å². The van der Waals surface area contributed by atoms with Gasteiger partial charge >= 0.3 is 5.97 Å². The molecule has 0 aromatic heterocycles. The lowest BCUT2D eigenvalue weighted by atomic mass is 9.98. The Labute approximate surface area is 127 Å². The minimum absolute atomic E-state index is 0.0841. The summed E-state index contributed by atoms with van der Waals surface area (Å²) in [5.41, 5.74) is 2.03. The van der Waals surface area contributed by atoms with Gasteiger partial charge in [-0.3, -0.25) is 4.79 Å². The number of amides is 1. The van der Waals surface area contributed by atoms with Crippen LogP contribution in [0.4, 0.5) is 0 Å². The van der Waals surface area contributed by atoms with Gasteiger partial charge in [-0.2, -0.15) is 0 Å². The highest BCUT2D eigenvalue weighted by Crippen LogP contribution is 2.49. The van der Waals surface area contributed by atoms with Gasteiger partial charge in [0.25, 0.3) is 5.91 Å². The normalized spacial score (nSPS) is 24.0. The average Bonchev–Trinajstić information content (AvgIpc) is 2.98. The number of nitrogens with one attached hydrogen (secondary N) is 1. The number of thioether (sulfide) groups is 1. The van der Waals surface area contributed by atoms with E-state index in [9.17, 15) is 14.7 Å². The lowest BCUT2D eigenvalue weighted by Crippen LogP contribution is -2.23. The minimum Gasteiger partial charge on any atom is -0.478 e. The molecule has 2 unspecified atom stereocenters. The summed E-state index contributed by atoms with van der Waals surface area (Å²) < 4.78 is 0. The molecule has 2 aliphatic rings. The number of carboxylic acids is 1. The number of carboxylic acid groups (broad SMARTS) is 1. The zero-order valence-corrected chi connectivity index (χ0v) is 12.6. The number of carbonyl (C=O) groups excluding carboxylic acids is 1. The van der Waals surface area contributed by atoms with Crippen molar-refractivity contribution in [1.82, 2.24) is 5.32 Å². The molecule has 1 aromatic carbocycles. The van der Waals surface area contributed by atoms with Crippen LogP contribution in [0, 0.1) is 12.8 Å². The van der Waals surface area contributed by atoms with E-state index in [2.05, 4.69) is 5.32 Å². The number of hydrogen-bond donors (Lipinski definition) is 2. The maximum absolute atomic E-state index is 12.2. The van der Waals surface area contributed by atoms with Crippen LogP contribution in [-0.4, -0.2) is 22.2 Å². The zero-order chi connectivity index (χ0) is 15.0. The number of rotatable bonds is 3. The van der Waals surface area contributed by atoms with Crippen LogP contribution in [0.2, 0.25) is 0 Å². The SMILES string of the molecule is Cc1ccc(C(=O)NC2=C(C(=O)O)C3CCCC3S2)cc1. The summed E-state index contributed by atoms with van der Waals surface area (Å²) in [4.78, 5) is 23.7. The molecular formula is C16H17NO3S. The Morgan fingerprint density at radius 3 is 2.62 bits per heavy atom. The maximum Gasteiger partial charge on any atom is 0.334 e. The molecule has 4 nitrogen and oxygen atoms in total. The number of hydrogen-bond acceptors (Lipinski definition) is 3. The average molecular weight is 303 g/mol. The summed E-state index contributed by atoms with van der Waals surface area (Å²) in [7, 11) is 0. The number of aliphatic carboxylic acids is 1. The van der Waals surface area contributed by atoms with Crippen LogP contribution < -0.4 is 5.32 Å². The second-order valence-electron chi connectivity index (χ2n) is 5.56. The van der Waals surface area contributed by atoms with E-state index in [1.54, 1.807) is 12.1 Å². The Morgan fingerprint density at radius 2 is 1.95 bits per heavy atom. The molecule has 5 heteroatoms. The Hall–Kier alpha value is -1.75. The highest BCUT2D eigenvalue weighted by Gasteiger charge is 2.42. The molecule has 0 spiro atoms. The van der Waals surface area contributed by atoms with E-state index in [-0.39, 0.29) is 11.8 Å². The van der Waals surface area contributed by atoms with E-state index in [4.69, 9.17) is 0 Å². The second-order valence-corrected chi connectivity index (χ2v) is 6.81. The van der Waals surface area contributed by atoms with Crippen molar-refractivity contribution in [3.8, 4) is 0 Å². The third-order valence-electron chi connectivity index (χ3n) is 4.11. The molecular weight excluding hydrogens is 286 g/mol. The van der Waals surface area contributed by atoms with Crippen LogP contribution >= 0.6 is 11.8 Å². The van der Waals surface area contributed by atoms with Crippen molar-refractivity contribution in [1.29, 1.82) is 0 Å².